The van der Waals surface area contributed by atoms with Crippen LogP contribution in [0, 0.1) is 0 Å². The maximum Gasteiger partial charge on any atom is 0.270 e. The first-order chi connectivity index (χ1) is 9.20. The second-order valence-electron chi connectivity index (χ2n) is 4.19. The van der Waals surface area contributed by atoms with Gasteiger partial charge in [0.15, 0.2) is 0 Å². The third-order valence-electron chi connectivity index (χ3n) is 2.72. The lowest BCUT2D eigenvalue weighted by Crippen LogP contribution is -2.28. The predicted molar refractivity (Wildman–Crippen MR) is 78.7 cm³/mol. The van der Waals surface area contributed by atoms with Gasteiger partial charge in [0.25, 0.3) is 5.91 Å². The van der Waals surface area contributed by atoms with Crippen molar-refractivity contribution in [1.82, 2.24) is 10.3 Å². The maximum absolute atomic E-state index is 12.1. The van der Waals surface area contributed by atoms with Gasteiger partial charge in [0.1, 0.15) is 5.69 Å². The molecule has 1 unspecified atom stereocenters. The van der Waals surface area contributed by atoms with Crippen molar-refractivity contribution in [3.8, 4) is 0 Å². The van der Waals surface area contributed by atoms with E-state index in [1.54, 1.807) is 23.5 Å². The summed E-state index contributed by atoms with van der Waals surface area (Å²) in [6.07, 6.45) is 3.45. The van der Waals surface area contributed by atoms with Crippen LogP contribution in [0.1, 0.15) is 41.2 Å². The average molecular weight is 295 g/mol. The van der Waals surface area contributed by atoms with Crippen molar-refractivity contribution in [1.29, 1.82) is 0 Å². The van der Waals surface area contributed by atoms with Crippen LogP contribution in [-0.2, 0) is 0 Å². The molecule has 0 fully saturated rings. The van der Waals surface area contributed by atoms with Crippen LogP contribution >= 0.6 is 22.9 Å². The lowest BCUT2D eigenvalue weighted by molar-refractivity contribution is 0.0930. The van der Waals surface area contributed by atoms with E-state index in [0.29, 0.717) is 10.7 Å². The van der Waals surface area contributed by atoms with Crippen LogP contribution in [0.5, 0.6) is 0 Å². The minimum Gasteiger partial charge on any atom is -0.343 e. The number of carbonyl (C=O) groups is 1. The highest BCUT2D eigenvalue weighted by molar-refractivity contribution is 7.10. The van der Waals surface area contributed by atoms with E-state index in [1.807, 2.05) is 17.5 Å². The molecule has 2 rings (SSSR count). The number of thiophene rings is 1. The van der Waals surface area contributed by atoms with Crippen LogP contribution in [0.3, 0.4) is 0 Å². The highest BCUT2D eigenvalue weighted by atomic mass is 35.5. The quantitative estimate of drug-likeness (QED) is 0.903. The molecule has 1 N–H and O–H groups in total. The second kappa shape index (κ2) is 6.68. The van der Waals surface area contributed by atoms with E-state index < -0.39 is 0 Å². The number of pyridine rings is 1. The Labute approximate surface area is 121 Å². The number of aromatic nitrogens is 1. The summed E-state index contributed by atoms with van der Waals surface area (Å²) in [6.45, 7) is 2.10. The van der Waals surface area contributed by atoms with Crippen molar-refractivity contribution < 1.29 is 4.79 Å². The molecule has 1 amide bonds. The van der Waals surface area contributed by atoms with Crippen molar-refractivity contribution in [2.24, 2.45) is 0 Å². The van der Waals surface area contributed by atoms with Crippen molar-refractivity contribution in [2.45, 2.75) is 25.8 Å². The highest BCUT2D eigenvalue weighted by Crippen LogP contribution is 2.23. The van der Waals surface area contributed by atoms with Gasteiger partial charge in [-0.3, -0.25) is 9.78 Å². The van der Waals surface area contributed by atoms with Crippen molar-refractivity contribution in [3.05, 3.63) is 51.4 Å². The molecule has 0 aromatic carbocycles. The number of hydrogen-bond donors (Lipinski definition) is 1. The zero-order valence-corrected chi connectivity index (χ0v) is 12.2. The van der Waals surface area contributed by atoms with E-state index in [-0.39, 0.29) is 11.9 Å². The summed E-state index contributed by atoms with van der Waals surface area (Å²) >= 11 is 7.52. The van der Waals surface area contributed by atoms with Gasteiger partial charge in [-0.2, -0.15) is 0 Å². The normalized spacial score (nSPS) is 12.1. The number of nitrogens with one attached hydrogen (secondary N) is 1. The Kier molecular flexibility index (Phi) is 4.93. The third kappa shape index (κ3) is 3.78. The number of halogens is 1. The van der Waals surface area contributed by atoms with E-state index in [9.17, 15) is 4.79 Å². The van der Waals surface area contributed by atoms with Gasteiger partial charge in [-0.1, -0.05) is 31.0 Å². The van der Waals surface area contributed by atoms with Crippen LogP contribution in [0.25, 0.3) is 0 Å². The van der Waals surface area contributed by atoms with E-state index in [2.05, 4.69) is 17.2 Å². The molecule has 19 heavy (non-hydrogen) atoms. The Balaban J connectivity index is 2.11. The molecule has 2 aromatic heterocycles. The Morgan fingerprint density at radius 1 is 1.53 bits per heavy atom. The first kappa shape index (κ1) is 14.0. The minimum atomic E-state index is -0.186. The fourth-order valence-electron chi connectivity index (χ4n) is 1.82. The van der Waals surface area contributed by atoms with Gasteiger partial charge < -0.3 is 5.32 Å². The van der Waals surface area contributed by atoms with Crippen molar-refractivity contribution >= 4 is 28.8 Å². The monoisotopic (exact) mass is 294 g/mol. The molecule has 0 aliphatic heterocycles. The molecule has 100 valence electrons. The number of nitrogens with zero attached hydrogens (tertiary/aromatic N) is 1. The molecule has 0 saturated heterocycles. The van der Waals surface area contributed by atoms with Crippen LogP contribution < -0.4 is 5.32 Å². The van der Waals surface area contributed by atoms with Crippen LogP contribution in [0.15, 0.2) is 35.8 Å². The Morgan fingerprint density at radius 2 is 2.37 bits per heavy atom. The fourth-order valence-corrected chi connectivity index (χ4v) is 2.80. The summed E-state index contributed by atoms with van der Waals surface area (Å²) < 4.78 is 0. The second-order valence-corrected chi connectivity index (χ2v) is 5.61. The van der Waals surface area contributed by atoms with Gasteiger partial charge in [0.2, 0.25) is 0 Å². The molecule has 0 spiro atoms. The molecular formula is C14H15ClN2OS. The van der Waals surface area contributed by atoms with E-state index in [1.165, 1.54) is 6.20 Å². The lowest BCUT2D eigenvalue weighted by atomic mass is 10.1. The number of amides is 1. The topological polar surface area (TPSA) is 42.0 Å². The summed E-state index contributed by atoms with van der Waals surface area (Å²) in [5, 5.41) is 5.55. The molecule has 0 aliphatic carbocycles. The Bertz CT molecular complexity index is 542. The van der Waals surface area contributed by atoms with Crippen molar-refractivity contribution in [3.63, 3.8) is 0 Å². The van der Waals surface area contributed by atoms with Gasteiger partial charge in [0, 0.05) is 16.1 Å². The fraction of sp³-hybridized carbons (Fsp3) is 0.286. The van der Waals surface area contributed by atoms with Gasteiger partial charge in [-0.05, 0) is 30.0 Å². The summed E-state index contributed by atoms with van der Waals surface area (Å²) in [6, 6.07) is 7.30. The molecule has 0 aliphatic rings. The van der Waals surface area contributed by atoms with Gasteiger partial charge in [0.05, 0.1) is 6.04 Å². The van der Waals surface area contributed by atoms with Crippen LogP contribution in [-0.4, -0.2) is 10.9 Å². The van der Waals surface area contributed by atoms with E-state index >= 15 is 0 Å². The Hall–Kier alpha value is -1.39. The molecule has 3 nitrogen and oxygen atoms in total. The molecular weight excluding hydrogens is 280 g/mol. The molecule has 0 bridgehead atoms. The minimum absolute atomic E-state index is 0.0401. The summed E-state index contributed by atoms with van der Waals surface area (Å²) in [4.78, 5) is 17.4. The molecule has 2 heterocycles. The zero-order valence-electron chi connectivity index (χ0n) is 10.6. The van der Waals surface area contributed by atoms with Crippen molar-refractivity contribution in [2.75, 3.05) is 0 Å². The largest absolute Gasteiger partial charge is 0.343 e. The lowest BCUT2D eigenvalue weighted by Gasteiger charge is -2.16. The number of rotatable bonds is 5. The molecule has 0 radical (unpaired) electrons. The smallest absolute Gasteiger partial charge is 0.270 e. The highest BCUT2D eigenvalue weighted by Gasteiger charge is 2.16. The molecule has 1 atom stereocenters. The summed E-state index contributed by atoms with van der Waals surface area (Å²) in [5.41, 5.74) is 0.352. The Morgan fingerprint density at radius 3 is 3.00 bits per heavy atom. The predicted octanol–water partition coefficient (Wildman–Crippen LogP) is 4.07. The number of hydrogen-bond acceptors (Lipinski definition) is 3. The van der Waals surface area contributed by atoms with Gasteiger partial charge in [-0.15, -0.1) is 11.3 Å². The maximum atomic E-state index is 12.1. The van der Waals surface area contributed by atoms with Gasteiger partial charge in [-0.25, -0.2) is 0 Å². The number of carbonyl (C=O) groups excluding carboxylic acids is 1. The van der Waals surface area contributed by atoms with Crippen LogP contribution in [0.4, 0.5) is 0 Å². The average Bonchev–Trinajstić information content (AvgIpc) is 2.92. The summed E-state index contributed by atoms with van der Waals surface area (Å²) in [5.74, 6) is -0.186. The molecule has 2 aromatic rings. The third-order valence-corrected chi connectivity index (χ3v) is 3.95. The first-order valence-corrected chi connectivity index (χ1v) is 7.42. The van der Waals surface area contributed by atoms with Gasteiger partial charge >= 0.3 is 0 Å². The molecule has 5 heteroatoms. The zero-order chi connectivity index (χ0) is 13.7. The standard InChI is InChI=1S/C14H15ClN2OS/c1-2-4-11(13-5-3-8-19-13)17-14(18)12-9-10(15)6-7-16-12/h3,5-9,11H,2,4H2,1H3,(H,17,18). The first-order valence-electron chi connectivity index (χ1n) is 6.16. The molecule has 0 saturated carbocycles. The van der Waals surface area contributed by atoms with E-state index in [0.717, 1.165) is 17.7 Å². The SMILES string of the molecule is CCCC(NC(=O)c1cc(Cl)ccn1)c1cccs1. The van der Waals surface area contributed by atoms with E-state index in [4.69, 9.17) is 11.6 Å². The summed E-state index contributed by atoms with van der Waals surface area (Å²) in [7, 11) is 0. The van der Waals surface area contributed by atoms with Crippen LogP contribution in [0.2, 0.25) is 5.02 Å².